The van der Waals surface area contributed by atoms with E-state index in [1.54, 1.807) is 43.5 Å². The number of nitrogens with zero attached hydrogens (tertiary/aromatic N) is 1. The molecule has 6 rings (SSSR count). The molecule has 0 bridgehead atoms. The van der Waals surface area contributed by atoms with Gasteiger partial charge in [0.15, 0.2) is 5.13 Å². The van der Waals surface area contributed by atoms with Gasteiger partial charge in [0.1, 0.15) is 5.76 Å². The number of carbonyl (C=O) groups excluding carboxylic acids is 1. The number of alkyl halides is 2. The first-order valence-corrected chi connectivity index (χ1v) is 15.8. The number of aromatic nitrogens is 1. The van der Waals surface area contributed by atoms with E-state index < -0.39 is 21.7 Å². The van der Waals surface area contributed by atoms with Crippen LogP contribution in [0.5, 0.6) is 0 Å². The number of fused-ring (bicyclic) bond motifs is 3. The highest BCUT2D eigenvalue weighted by Crippen LogP contribution is 2.45. The summed E-state index contributed by atoms with van der Waals surface area (Å²) < 4.78 is 60.0. The third kappa shape index (κ3) is 5.52. The van der Waals surface area contributed by atoms with E-state index >= 15 is 0 Å². The average Bonchev–Trinajstić information content (AvgIpc) is 3.47. The van der Waals surface area contributed by atoms with E-state index in [2.05, 4.69) is 15.6 Å². The summed E-state index contributed by atoms with van der Waals surface area (Å²) in [6, 6.07) is 11.4. The molecule has 0 radical (unpaired) electrons. The van der Waals surface area contributed by atoms with Crippen molar-refractivity contribution < 1.29 is 26.7 Å². The van der Waals surface area contributed by atoms with Crippen molar-refractivity contribution in [1.29, 1.82) is 0 Å². The topological polar surface area (TPSA) is 97.4 Å². The molecule has 2 aliphatic carbocycles. The molecule has 1 aromatic heterocycles. The molecule has 1 aliphatic heterocycles. The van der Waals surface area contributed by atoms with E-state index in [4.69, 9.17) is 4.74 Å². The summed E-state index contributed by atoms with van der Waals surface area (Å²) in [5, 5.41) is 6.54. The first kappa shape index (κ1) is 27.6. The zero-order valence-corrected chi connectivity index (χ0v) is 24.0. The standard InChI is InChI=1S/C30H29F2N3O4S2/c1-39-20-5-4-7-25-22(11-10-20)34-29(40-25)35-28(36)21(15-18-13-14-30(31,32)17-18)19-9-12-27-24(16-19)33-23-6-2-3-8-26(23)41(27,37)38/h2-3,5-6,8-12,16,18,21,33H,4,7,13-15,17H2,1H3,(H,34,35,36)/b11-10-,20-5+. The van der Waals surface area contributed by atoms with Gasteiger partial charge >= 0.3 is 0 Å². The Morgan fingerprint density at radius 2 is 2.00 bits per heavy atom. The first-order valence-electron chi connectivity index (χ1n) is 13.5. The lowest BCUT2D eigenvalue weighted by molar-refractivity contribution is -0.118. The van der Waals surface area contributed by atoms with Gasteiger partial charge in [-0.05, 0) is 79.7 Å². The van der Waals surface area contributed by atoms with Crippen LogP contribution in [0.25, 0.3) is 6.08 Å². The minimum Gasteiger partial charge on any atom is -0.497 e. The van der Waals surface area contributed by atoms with E-state index in [1.165, 1.54) is 17.4 Å². The van der Waals surface area contributed by atoms with Crippen molar-refractivity contribution in [2.24, 2.45) is 5.92 Å². The van der Waals surface area contributed by atoms with E-state index in [1.807, 2.05) is 18.2 Å². The minimum absolute atomic E-state index is 0.113. The van der Waals surface area contributed by atoms with Gasteiger partial charge in [0.25, 0.3) is 0 Å². The molecule has 41 heavy (non-hydrogen) atoms. The van der Waals surface area contributed by atoms with Crippen molar-refractivity contribution in [3.8, 4) is 0 Å². The van der Waals surface area contributed by atoms with Gasteiger partial charge in [-0.2, -0.15) is 0 Å². The molecule has 2 N–H and O–H groups in total. The van der Waals surface area contributed by atoms with Crippen LogP contribution in [0.4, 0.5) is 25.3 Å². The predicted octanol–water partition coefficient (Wildman–Crippen LogP) is 7.07. The Kier molecular flexibility index (Phi) is 7.19. The lowest BCUT2D eigenvalue weighted by Crippen LogP contribution is -2.24. The molecule has 0 spiro atoms. The SMILES string of the molecule is COC1=C/CCc2sc(NC(=O)C(CC3CCC(F)(F)C3)c3ccc4c(c3)Nc3ccccc3S4(=O)=O)nc2/C=C\1. The van der Waals surface area contributed by atoms with E-state index in [0.717, 1.165) is 29.2 Å². The monoisotopic (exact) mass is 597 g/mol. The number of allylic oxidation sites excluding steroid dienone is 2. The van der Waals surface area contributed by atoms with Crippen LogP contribution in [0.2, 0.25) is 0 Å². The number of aryl methyl sites for hydroxylation is 1. The molecular weight excluding hydrogens is 568 g/mol. The number of thiazole rings is 1. The lowest BCUT2D eigenvalue weighted by atomic mass is 9.87. The maximum Gasteiger partial charge on any atom is 0.248 e. The molecule has 1 fully saturated rings. The second-order valence-corrected chi connectivity index (χ2v) is 13.6. The quantitative estimate of drug-likeness (QED) is 0.247. The third-order valence-corrected chi connectivity index (χ3v) is 10.8. The fourth-order valence-electron chi connectivity index (χ4n) is 5.78. The van der Waals surface area contributed by atoms with Gasteiger partial charge in [-0.25, -0.2) is 22.2 Å². The van der Waals surface area contributed by atoms with Gasteiger partial charge in [-0.3, -0.25) is 4.79 Å². The molecule has 0 saturated heterocycles. The molecule has 11 heteroatoms. The molecule has 2 atom stereocenters. The Morgan fingerprint density at radius 1 is 1.20 bits per heavy atom. The summed E-state index contributed by atoms with van der Waals surface area (Å²) in [5.41, 5.74) is 2.12. The Morgan fingerprint density at radius 3 is 2.78 bits per heavy atom. The zero-order chi connectivity index (χ0) is 28.8. The van der Waals surface area contributed by atoms with E-state index in [0.29, 0.717) is 28.5 Å². The van der Waals surface area contributed by atoms with Gasteiger partial charge in [-0.15, -0.1) is 11.3 Å². The Balaban J connectivity index is 1.31. The fraction of sp³-hybridized carbons (Fsp3) is 0.333. The summed E-state index contributed by atoms with van der Waals surface area (Å²) in [7, 11) is -2.15. The summed E-state index contributed by atoms with van der Waals surface area (Å²) >= 11 is 1.39. The minimum atomic E-state index is -3.75. The number of para-hydroxylation sites is 1. The van der Waals surface area contributed by atoms with Crippen molar-refractivity contribution in [2.45, 2.75) is 60.2 Å². The van der Waals surface area contributed by atoms with Crippen LogP contribution in [0.15, 0.2) is 70.2 Å². The largest absolute Gasteiger partial charge is 0.497 e. The fourth-order valence-corrected chi connectivity index (χ4v) is 8.30. The number of ether oxygens (including phenoxy) is 1. The molecule has 2 unspecified atom stereocenters. The molecule has 1 amide bonds. The molecule has 2 heterocycles. The molecular formula is C30H29F2N3O4S2. The second kappa shape index (κ2) is 10.7. The number of nitrogens with one attached hydrogen (secondary N) is 2. The van der Waals surface area contributed by atoms with Crippen molar-refractivity contribution in [3.63, 3.8) is 0 Å². The van der Waals surface area contributed by atoms with Gasteiger partial charge in [0.2, 0.25) is 21.7 Å². The number of amides is 1. The van der Waals surface area contributed by atoms with Crippen LogP contribution in [0.1, 0.15) is 54.2 Å². The lowest BCUT2D eigenvalue weighted by Gasteiger charge is -2.25. The van der Waals surface area contributed by atoms with Gasteiger partial charge in [0.05, 0.1) is 39.9 Å². The first-order chi connectivity index (χ1) is 19.6. The van der Waals surface area contributed by atoms with Crippen molar-refractivity contribution >= 4 is 49.7 Å². The van der Waals surface area contributed by atoms with E-state index in [9.17, 15) is 22.0 Å². The van der Waals surface area contributed by atoms with Crippen LogP contribution in [0.3, 0.4) is 0 Å². The molecule has 3 aliphatic rings. The van der Waals surface area contributed by atoms with Crippen molar-refractivity contribution in [3.05, 3.63) is 76.5 Å². The highest BCUT2D eigenvalue weighted by atomic mass is 32.2. The van der Waals surface area contributed by atoms with Crippen LogP contribution in [-0.2, 0) is 25.8 Å². The van der Waals surface area contributed by atoms with Crippen LogP contribution >= 0.6 is 11.3 Å². The number of anilines is 3. The second-order valence-electron chi connectivity index (χ2n) is 10.6. The third-order valence-electron chi connectivity index (χ3n) is 7.85. The number of hydrogen-bond donors (Lipinski definition) is 2. The highest BCUT2D eigenvalue weighted by Gasteiger charge is 2.41. The highest BCUT2D eigenvalue weighted by molar-refractivity contribution is 7.92. The number of halogens is 2. The van der Waals surface area contributed by atoms with Crippen LogP contribution in [0, 0.1) is 5.92 Å². The van der Waals surface area contributed by atoms with Crippen LogP contribution < -0.4 is 10.6 Å². The van der Waals surface area contributed by atoms with Crippen molar-refractivity contribution in [1.82, 2.24) is 4.98 Å². The molecule has 1 saturated carbocycles. The van der Waals surface area contributed by atoms with Crippen LogP contribution in [-0.4, -0.2) is 32.3 Å². The molecule has 214 valence electrons. The average molecular weight is 598 g/mol. The Hall–Kier alpha value is -3.57. The van der Waals surface area contributed by atoms with Gasteiger partial charge in [0, 0.05) is 17.7 Å². The number of rotatable bonds is 6. The smallest absolute Gasteiger partial charge is 0.248 e. The Labute approximate surface area is 241 Å². The van der Waals surface area contributed by atoms with Crippen molar-refractivity contribution in [2.75, 3.05) is 17.7 Å². The normalized spacial score (nSPS) is 22.8. The molecule has 3 aromatic rings. The summed E-state index contributed by atoms with van der Waals surface area (Å²) in [6.45, 7) is 0. The summed E-state index contributed by atoms with van der Waals surface area (Å²) in [4.78, 5) is 19.7. The molecule has 2 aromatic carbocycles. The Bertz CT molecular complexity index is 1680. The maximum atomic E-state index is 14.1. The summed E-state index contributed by atoms with van der Waals surface area (Å²) in [6.07, 6.45) is 7.26. The van der Waals surface area contributed by atoms with E-state index in [-0.39, 0.29) is 40.9 Å². The number of methoxy groups -OCH3 is 1. The molecule has 7 nitrogen and oxygen atoms in total. The predicted molar refractivity (Wildman–Crippen MR) is 154 cm³/mol. The number of carbonyl (C=O) groups is 1. The maximum absolute atomic E-state index is 14.1. The van der Waals surface area contributed by atoms with Gasteiger partial charge in [-0.1, -0.05) is 18.2 Å². The number of benzene rings is 2. The summed E-state index contributed by atoms with van der Waals surface area (Å²) in [5.74, 6) is -3.47. The zero-order valence-electron chi connectivity index (χ0n) is 22.3. The number of hydrogen-bond acceptors (Lipinski definition) is 7. The number of sulfone groups is 1. The van der Waals surface area contributed by atoms with Gasteiger partial charge < -0.3 is 15.4 Å².